The van der Waals surface area contributed by atoms with Crippen LogP contribution in [0.3, 0.4) is 0 Å². The Labute approximate surface area is 165 Å². The molecule has 0 saturated carbocycles. The maximum atomic E-state index is 12.8. The van der Waals surface area contributed by atoms with Crippen LogP contribution in [0.1, 0.15) is 11.4 Å². The van der Waals surface area contributed by atoms with Gasteiger partial charge in [-0.2, -0.15) is 28.4 Å². The molecule has 8 nitrogen and oxygen atoms in total. The molecule has 0 unspecified atom stereocenters. The van der Waals surface area contributed by atoms with Gasteiger partial charge in [-0.15, -0.1) is 5.10 Å². The summed E-state index contributed by atoms with van der Waals surface area (Å²) in [6, 6.07) is 4.37. The predicted molar refractivity (Wildman–Crippen MR) is 93.9 cm³/mol. The molecule has 0 radical (unpaired) electrons. The number of allylic oxidation sites excluding steroid dienone is 2. The van der Waals surface area contributed by atoms with Gasteiger partial charge in [-0.25, -0.2) is 9.79 Å². The van der Waals surface area contributed by atoms with Gasteiger partial charge in [0.05, 0.1) is 21.8 Å². The maximum Gasteiger partial charge on any atom is 0.416 e. The molecule has 1 aromatic heterocycles. The monoisotopic (exact) mass is 429 g/mol. The van der Waals surface area contributed by atoms with Gasteiger partial charge in [-0.1, -0.05) is 23.2 Å². The fraction of sp³-hybridized carbons (Fsp3) is 0.133. The highest BCUT2D eigenvalue weighted by Gasteiger charge is 2.32. The minimum atomic E-state index is -4.68. The van der Waals surface area contributed by atoms with E-state index in [1.165, 1.54) is 7.05 Å². The molecule has 0 atom stereocenters. The number of aliphatic imine (C=N–C) groups is 1. The number of halogens is 5. The van der Waals surface area contributed by atoms with Crippen molar-refractivity contribution in [2.75, 3.05) is 0 Å². The Hall–Kier alpha value is -3.28. The van der Waals surface area contributed by atoms with Gasteiger partial charge < -0.3 is 5.73 Å². The van der Waals surface area contributed by atoms with Crippen molar-refractivity contribution in [2.24, 2.45) is 17.8 Å². The van der Waals surface area contributed by atoms with Gasteiger partial charge in [0.15, 0.2) is 11.5 Å². The predicted octanol–water partition coefficient (Wildman–Crippen LogP) is 2.53. The van der Waals surface area contributed by atoms with Crippen LogP contribution in [-0.4, -0.2) is 20.6 Å². The van der Waals surface area contributed by atoms with E-state index >= 15 is 0 Å². The Kier molecular flexibility index (Phi) is 5.83. The van der Waals surface area contributed by atoms with E-state index < -0.39 is 38.9 Å². The van der Waals surface area contributed by atoms with E-state index in [0.29, 0.717) is 16.8 Å². The Balaban J connectivity index is 2.61. The van der Waals surface area contributed by atoms with Crippen LogP contribution in [0.15, 0.2) is 33.3 Å². The normalized spacial score (nSPS) is 12.6. The van der Waals surface area contributed by atoms with Crippen LogP contribution in [0.2, 0.25) is 10.0 Å². The van der Waals surface area contributed by atoms with Crippen molar-refractivity contribution in [1.82, 2.24) is 14.3 Å². The van der Waals surface area contributed by atoms with E-state index in [4.69, 9.17) is 39.5 Å². The van der Waals surface area contributed by atoms with Crippen LogP contribution in [0, 0.1) is 22.7 Å². The Morgan fingerprint density at radius 3 is 2.32 bits per heavy atom. The number of nitrogens with zero attached hydrogens (tertiary/aromatic N) is 6. The SMILES string of the molecule is Cn1c(C=N/C(C#N)=C(\N)C#N)nn(-c2c(Cl)cc(C(F)(F)F)cc2Cl)c1=O. The molecule has 144 valence electrons. The quantitative estimate of drug-likeness (QED) is 0.592. The lowest BCUT2D eigenvalue weighted by Gasteiger charge is -2.11. The molecule has 1 aromatic carbocycles. The van der Waals surface area contributed by atoms with Crippen LogP contribution in [-0.2, 0) is 13.2 Å². The third-order valence-corrected chi connectivity index (χ3v) is 3.94. The highest BCUT2D eigenvalue weighted by Crippen LogP contribution is 2.36. The highest BCUT2D eigenvalue weighted by atomic mass is 35.5. The number of benzene rings is 1. The van der Waals surface area contributed by atoms with Gasteiger partial charge in [0.2, 0.25) is 0 Å². The molecule has 0 aliphatic heterocycles. The Morgan fingerprint density at radius 2 is 1.86 bits per heavy atom. The van der Waals surface area contributed by atoms with Crippen LogP contribution in [0.5, 0.6) is 0 Å². The van der Waals surface area contributed by atoms with Gasteiger partial charge in [0, 0.05) is 7.05 Å². The minimum Gasteiger partial charge on any atom is -0.388 e. The van der Waals surface area contributed by atoms with E-state index in [9.17, 15) is 18.0 Å². The summed E-state index contributed by atoms with van der Waals surface area (Å²) in [5.41, 5.74) is 2.31. The number of alkyl halides is 3. The maximum absolute atomic E-state index is 12.8. The zero-order chi connectivity index (χ0) is 21.2. The van der Waals surface area contributed by atoms with Crippen molar-refractivity contribution in [3.8, 4) is 17.8 Å². The first kappa shape index (κ1) is 21.0. The molecule has 13 heteroatoms. The lowest BCUT2D eigenvalue weighted by atomic mass is 10.2. The second-order valence-corrected chi connectivity index (χ2v) is 5.96. The molecule has 0 bridgehead atoms. The number of nitrogens with two attached hydrogens (primary N) is 1. The molecule has 0 aliphatic carbocycles. The molecular weight excluding hydrogens is 422 g/mol. The number of rotatable bonds is 3. The molecule has 2 aromatic rings. The average molecular weight is 430 g/mol. The third-order valence-electron chi connectivity index (χ3n) is 3.36. The smallest absolute Gasteiger partial charge is 0.388 e. The van der Waals surface area contributed by atoms with Gasteiger partial charge in [0.1, 0.15) is 23.5 Å². The van der Waals surface area contributed by atoms with Gasteiger partial charge in [-0.3, -0.25) is 4.57 Å². The Morgan fingerprint density at radius 1 is 1.29 bits per heavy atom. The van der Waals surface area contributed by atoms with Crippen molar-refractivity contribution < 1.29 is 13.2 Å². The van der Waals surface area contributed by atoms with Gasteiger partial charge >= 0.3 is 11.9 Å². The molecule has 0 aliphatic rings. The molecule has 2 N–H and O–H groups in total. The van der Waals surface area contributed by atoms with Crippen molar-refractivity contribution in [2.45, 2.75) is 6.18 Å². The van der Waals surface area contributed by atoms with E-state index in [-0.39, 0.29) is 11.5 Å². The second-order valence-electron chi connectivity index (χ2n) is 5.14. The van der Waals surface area contributed by atoms with Crippen LogP contribution >= 0.6 is 23.2 Å². The molecule has 0 fully saturated rings. The molecule has 28 heavy (non-hydrogen) atoms. The summed E-state index contributed by atoms with van der Waals surface area (Å²) in [6.07, 6.45) is -3.70. The number of hydrogen-bond donors (Lipinski definition) is 1. The van der Waals surface area contributed by atoms with E-state index in [2.05, 4.69) is 10.1 Å². The summed E-state index contributed by atoms with van der Waals surface area (Å²) in [5, 5.41) is 20.6. The summed E-state index contributed by atoms with van der Waals surface area (Å²) in [6.45, 7) is 0. The molecule has 1 heterocycles. The summed E-state index contributed by atoms with van der Waals surface area (Å²) in [5.74, 6) is -0.101. The van der Waals surface area contributed by atoms with Crippen molar-refractivity contribution in [3.63, 3.8) is 0 Å². The first-order valence-electron chi connectivity index (χ1n) is 7.08. The molecular formula is C15H8Cl2F3N7O. The lowest BCUT2D eigenvalue weighted by Crippen LogP contribution is -2.22. The molecule has 0 amide bonds. The summed E-state index contributed by atoms with van der Waals surface area (Å²) < 4.78 is 40.2. The van der Waals surface area contributed by atoms with Crippen LogP contribution < -0.4 is 11.4 Å². The fourth-order valence-corrected chi connectivity index (χ4v) is 2.62. The molecule has 0 saturated heterocycles. The van der Waals surface area contributed by atoms with E-state index in [0.717, 1.165) is 10.8 Å². The average Bonchev–Trinajstić information content (AvgIpc) is 2.89. The largest absolute Gasteiger partial charge is 0.416 e. The van der Waals surface area contributed by atoms with Gasteiger partial charge in [-0.05, 0) is 12.1 Å². The van der Waals surface area contributed by atoms with Crippen molar-refractivity contribution >= 4 is 29.4 Å². The number of hydrogen-bond acceptors (Lipinski definition) is 6. The van der Waals surface area contributed by atoms with Crippen molar-refractivity contribution in [1.29, 1.82) is 10.5 Å². The number of nitriles is 2. The van der Waals surface area contributed by atoms with E-state index in [1.54, 1.807) is 12.1 Å². The van der Waals surface area contributed by atoms with Crippen LogP contribution in [0.25, 0.3) is 5.69 Å². The minimum absolute atomic E-state index is 0.101. The number of aromatic nitrogens is 3. The molecule has 2 rings (SSSR count). The standard InChI is InChI=1S/C15H8Cl2F3N7O/c1-26-12(6-24-11(5-22)10(23)4-21)25-27(14(26)28)13-8(16)2-7(3-9(13)17)15(18,19)20/h2-3,6H,23H2,1H3/b11-10-,24-6?. The van der Waals surface area contributed by atoms with Crippen LogP contribution in [0.4, 0.5) is 13.2 Å². The van der Waals surface area contributed by atoms with Gasteiger partial charge in [0.25, 0.3) is 0 Å². The zero-order valence-corrected chi connectivity index (χ0v) is 15.3. The van der Waals surface area contributed by atoms with E-state index in [1.807, 2.05) is 0 Å². The molecule has 0 spiro atoms. The zero-order valence-electron chi connectivity index (χ0n) is 13.8. The Bertz CT molecular complexity index is 1120. The first-order valence-corrected chi connectivity index (χ1v) is 7.83. The summed E-state index contributed by atoms with van der Waals surface area (Å²) in [7, 11) is 1.29. The third kappa shape index (κ3) is 4.01. The second kappa shape index (κ2) is 7.76. The highest BCUT2D eigenvalue weighted by molar-refractivity contribution is 6.37. The first-order chi connectivity index (χ1) is 13.0. The summed E-state index contributed by atoms with van der Waals surface area (Å²) in [4.78, 5) is 16.1. The lowest BCUT2D eigenvalue weighted by molar-refractivity contribution is -0.137. The fourth-order valence-electron chi connectivity index (χ4n) is 1.98. The summed E-state index contributed by atoms with van der Waals surface area (Å²) >= 11 is 11.8. The topological polar surface area (TPSA) is 126 Å². The van der Waals surface area contributed by atoms with Crippen molar-refractivity contribution in [3.05, 3.63) is 55.4 Å².